The molecule has 3 N–H and O–H groups in total. The first-order chi connectivity index (χ1) is 10.1. The van der Waals surface area contributed by atoms with E-state index in [1.54, 1.807) is 12.1 Å². The summed E-state index contributed by atoms with van der Waals surface area (Å²) in [6.07, 6.45) is 0.922. The SMILES string of the molecule is CN(CCc1ccccc1)Cc1cccc(C(=N)N)c1F. The number of hydrogen-bond donors (Lipinski definition) is 2. The molecule has 0 saturated heterocycles. The third-order valence-electron chi connectivity index (χ3n) is 3.43. The zero-order valence-corrected chi connectivity index (χ0v) is 12.1. The molecule has 2 aromatic rings. The molecule has 2 rings (SSSR count). The van der Waals surface area contributed by atoms with Gasteiger partial charge in [-0.1, -0.05) is 42.5 Å². The lowest BCUT2D eigenvalue weighted by atomic mass is 10.1. The Balaban J connectivity index is 1.98. The van der Waals surface area contributed by atoms with Gasteiger partial charge in [0.1, 0.15) is 11.7 Å². The van der Waals surface area contributed by atoms with Crippen molar-refractivity contribution in [3.05, 3.63) is 71.0 Å². The Hall–Kier alpha value is -2.20. The van der Waals surface area contributed by atoms with E-state index in [2.05, 4.69) is 17.0 Å². The summed E-state index contributed by atoms with van der Waals surface area (Å²) in [5.41, 5.74) is 7.38. The van der Waals surface area contributed by atoms with Crippen molar-refractivity contribution in [2.45, 2.75) is 13.0 Å². The van der Waals surface area contributed by atoms with E-state index in [0.29, 0.717) is 12.1 Å². The Labute approximate surface area is 124 Å². The number of nitrogens with zero attached hydrogens (tertiary/aromatic N) is 1. The van der Waals surface area contributed by atoms with Gasteiger partial charge < -0.3 is 10.6 Å². The van der Waals surface area contributed by atoms with Crippen LogP contribution < -0.4 is 5.73 Å². The molecular weight excluding hydrogens is 265 g/mol. The molecule has 0 fully saturated rings. The van der Waals surface area contributed by atoms with Crippen molar-refractivity contribution in [2.75, 3.05) is 13.6 Å². The van der Waals surface area contributed by atoms with Crippen molar-refractivity contribution in [1.82, 2.24) is 4.90 Å². The molecule has 3 nitrogen and oxygen atoms in total. The molecule has 0 aliphatic rings. The fourth-order valence-corrected chi connectivity index (χ4v) is 2.24. The van der Waals surface area contributed by atoms with Crippen LogP contribution in [0.4, 0.5) is 4.39 Å². The van der Waals surface area contributed by atoms with E-state index in [1.165, 1.54) is 11.6 Å². The van der Waals surface area contributed by atoms with Crippen molar-refractivity contribution in [2.24, 2.45) is 5.73 Å². The lowest BCUT2D eigenvalue weighted by Gasteiger charge is -2.18. The molecule has 0 amide bonds. The number of benzene rings is 2. The highest BCUT2D eigenvalue weighted by Crippen LogP contribution is 2.14. The molecule has 4 heteroatoms. The van der Waals surface area contributed by atoms with Gasteiger partial charge in [-0.25, -0.2) is 4.39 Å². The Kier molecular flexibility index (Phi) is 5.06. The van der Waals surface area contributed by atoms with Gasteiger partial charge in [0.25, 0.3) is 0 Å². The summed E-state index contributed by atoms with van der Waals surface area (Å²) >= 11 is 0. The molecule has 0 radical (unpaired) electrons. The van der Waals surface area contributed by atoms with Gasteiger partial charge in [0, 0.05) is 18.7 Å². The highest BCUT2D eigenvalue weighted by atomic mass is 19.1. The highest BCUT2D eigenvalue weighted by molar-refractivity contribution is 5.95. The molecule has 2 aromatic carbocycles. The molecule has 0 aliphatic carbocycles. The lowest BCUT2D eigenvalue weighted by Crippen LogP contribution is -2.22. The Morgan fingerprint density at radius 2 is 1.86 bits per heavy atom. The van der Waals surface area contributed by atoms with Crippen LogP contribution in [-0.4, -0.2) is 24.3 Å². The highest BCUT2D eigenvalue weighted by Gasteiger charge is 2.11. The van der Waals surface area contributed by atoms with Gasteiger partial charge in [-0.3, -0.25) is 5.41 Å². The second-order valence-electron chi connectivity index (χ2n) is 5.17. The standard InChI is InChI=1S/C17H20FN3/c1-21(11-10-13-6-3-2-4-7-13)12-14-8-5-9-15(16(14)18)17(19)20/h2-9H,10-12H2,1H3,(H3,19,20). The zero-order chi connectivity index (χ0) is 15.2. The summed E-state index contributed by atoms with van der Waals surface area (Å²) in [4.78, 5) is 2.06. The molecule has 0 bridgehead atoms. The monoisotopic (exact) mass is 285 g/mol. The van der Waals surface area contributed by atoms with E-state index >= 15 is 0 Å². The molecule has 0 spiro atoms. The van der Waals surface area contributed by atoms with Crippen LogP contribution in [0, 0.1) is 11.2 Å². The van der Waals surface area contributed by atoms with Crippen molar-refractivity contribution < 1.29 is 4.39 Å². The van der Waals surface area contributed by atoms with Crippen LogP contribution in [0.15, 0.2) is 48.5 Å². The van der Waals surface area contributed by atoms with E-state index in [0.717, 1.165) is 13.0 Å². The fourth-order valence-electron chi connectivity index (χ4n) is 2.24. The lowest BCUT2D eigenvalue weighted by molar-refractivity contribution is 0.325. The van der Waals surface area contributed by atoms with Gasteiger partial charge in [0.2, 0.25) is 0 Å². The summed E-state index contributed by atoms with van der Waals surface area (Å²) in [5, 5.41) is 7.37. The topological polar surface area (TPSA) is 53.1 Å². The molecule has 0 unspecified atom stereocenters. The third kappa shape index (κ3) is 4.13. The Morgan fingerprint density at radius 1 is 1.14 bits per heavy atom. The van der Waals surface area contributed by atoms with Crippen LogP contribution in [-0.2, 0) is 13.0 Å². The van der Waals surface area contributed by atoms with Crippen molar-refractivity contribution >= 4 is 5.84 Å². The molecule has 21 heavy (non-hydrogen) atoms. The molecule has 0 aromatic heterocycles. The smallest absolute Gasteiger partial charge is 0.138 e. The van der Waals surface area contributed by atoms with Gasteiger partial charge in [-0.15, -0.1) is 0 Å². The van der Waals surface area contributed by atoms with Crippen molar-refractivity contribution in [3.8, 4) is 0 Å². The van der Waals surface area contributed by atoms with Crippen molar-refractivity contribution in [1.29, 1.82) is 5.41 Å². The Morgan fingerprint density at radius 3 is 2.52 bits per heavy atom. The molecule has 0 heterocycles. The van der Waals surface area contributed by atoms with E-state index in [1.807, 2.05) is 25.2 Å². The molecule has 110 valence electrons. The first-order valence-electron chi connectivity index (χ1n) is 6.92. The first-order valence-corrected chi connectivity index (χ1v) is 6.92. The van der Waals surface area contributed by atoms with Gasteiger partial charge in [0.15, 0.2) is 0 Å². The normalized spacial score (nSPS) is 10.8. The van der Waals surface area contributed by atoms with Crippen LogP contribution in [0.2, 0.25) is 0 Å². The van der Waals surface area contributed by atoms with Crippen LogP contribution in [0.5, 0.6) is 0 Å². The summed E-state index contributed by atoms with van der Waals surface area (Å²) in [5.74, 6) is -0.627. The largest absolute Gasteiger partial charge is 0.384 e. The number of nitrogens with two attached hydrogens (primary N) is 1. The number of rotatable bonds is 6. The number of likely N-dealkylation sites (N-methyl/N-ethyl adjacent to an activating group) is 1. The zero-order valence-electron chi connectivity index (χ0n) is 12.1. The maximum atomic E-state index is 14.2. The molecular formula is C17H20FN3. The van der Waals surface area contributed by atoms with E-state index < -0.39 is 5.82 Å². The maximum absolute atomic E-state index is 14.2. The average molecular weight is 285 g/mol. The second kappa shape index (κ2) is 6.99. The summed E-state index contributed by atoms with van der Waals surface area (Å²) in [6, 6.07) is 15.2. The van der Waals surface area contributed by atoms with Gasteiger partial charge in [-0.05, 0) is 25.1 Å². The van der Waals surface area contributed by atoms with Crippen LogP contribution >= 0.6 is 0 Å². The molecule has 0 atom stereocenters. The molecule has 0 aliphatic heterocycles. The second-order valence-corrected chi connectivity index (χ2v) is 5.17. The van der Waals surface area contributed by atoms with Gasteiger partial charge in [0.05, 0.1) is 5.56 Å². The number of hydrogen-bond acceptors (Lipinski definition) is 2. The van der Waals surface area contributed by atoms with Gasteiger partial charge in [-0.2, -0.15) is 0 Å². The van der Waals surface area contributed by atoms with E-state index in [4.69, 9.17) is 11.1 Å². The molecule has 0 saturated carbocycles. The van der Waals surface area contributed by atoms with Crippen molar-refractivity contribution in [3.63, 3.8) is 0 Å². The summed E-state index contributed by atoms with van der Waals surface area (Å²) in [6.45, 7) is 1.34. The number of nitrogens with one attached hydrogen (secondary N) is 1. The minimum absolute atomic E-state index is 0.170. The minimum atomic E-state index is -0.392. The summed E-state index contributed by atoms with van der Waals surface area (Å²) < 4.78 is 14.2. The van der Waals surface area contributed by atoms with Crippen LogP contribution in [0.1, 0.15) is 16.7 Å². The number of nitrogen functional groups attached to an aromatic ring is 1. The predicted octanol–water partition coefficient (Wildman–Crippen LogP) is 2.78. The van der Waals surface area contributed by atoms with E-state index in [9.17, 15) is 4.39 Å². The maximum Gasteiger partial charge on any atom is 0.138 e. The fraction of sp³-hybridized carbons (Fsp3) is 0.235. The predicted molar refractivity (Wildman–Crippen MR) is 83.9 cm³/mol. The quantitative estimate of drug-likeness (QED) is 0.633. The third-order valence-corrected chi connectivity index (χ3v) is 3.43. The van der Waals surface area contributed by atoms with E-state index in [-0.39, 0.29) is 11.4 Å². The summed E-state index contributed by atoms with van der Waals surface area (Å²) in [7, 11) is 1.96. The van der Waals surface area contributed by atoms with Crippen LogP contribution in [0.3, 0.4) is 0 Å². The number of halogens is 1. The minimum Gasteiger partial charge on any atom is -0.384 e. The average Bonchev–Trinajstić information content (AvgIpc) is 2.48. The number of amidine groups is 1. The van der Waals surface area contributed by atoms with Crippen LogP contribution in [0.25, 0.3) is 0 Å². The Bertz CT molecular complexity index is 611. The first kappa shape index (κ1) is 15.2. The van der Waals surface area contributed by atoms with Gasteiger partial charge >= 0.3 is 0 Å².